The van der Waals surface area contributed by atoms with Crippen LogP contribution in [0, 0.1) is 0 Å². The lowest BCUT2D eigenvalue weighted by Crippen LogP contribution is -2.21. The van der Waals surface area contributed by atoms with E-state index in [4.69, 9.17) is 41.8 Å². The highest BCUT2D eigenvalue weighted by Crippen LogP contribution is 2.41. The molecule has 0 aliphatic rings. The van der Waals surface area contributed by atoms with Crippen molar-refractivity contribution in [1.82, 2.24) is 9.97 Å². The Morgan fingerprint density at radius 1 is 0.508 bits per heavy atom. The number of carbonyl (C=O) groups excluding carboxylic acids is 2. The van der Waals surface area contributed by atoms with Crippen LogP contribution in [-0.4, -0.2) is 36.1 Å². The molecule has 3 aromatic carbocycles. The monoisotopic (exact) mass is 1140 g/mol. The van der Waals surface area contributed by atoms with E-state index in [0.29, 0.717) is 11.6 Å². The molecule has 0 radical (unpaired) electrons. The maximum Gasteiger partial charge on any atom is 0.340 e. The number of hydrogen-bond donors (Lipinski definition) is 0. The summed E-state index contributed by atoms with van der Waals surface area (Å²) < 4.78 is 12.6. The maximum atomic E-state index is 13.2. The van der Waals surface area contributed by atoms with Gasteiger partial charge in [0.25, 0.3) is 0 Å². The lowest BCUT2D eigenvalue weighted by molar-refractivity contribution is 0.0601. The number of carbonyl (C=O) groups is 2. The molecule has 0 atom stereocenters. The molecular weight excluding hydrogens is 1120 g/mol. The lowest BCUT2D eigenvalue weighted by Gasteiger charge is -2.27. The number of ether oxygens (including phenoxy) is 2. The fourth-order valence-electron chi connectivity index (χ4n) is 5.56. The number of rotatable bonds is 7. The van der Waals surface area contributed by atoms with E-state index in [1.54, 1.807) is 152 Å². The molecule has 0 N–H and O–H groups in total. The van der Waals surface area contributed by atoms with E-state index in [-0.39, 0.29) is 16.8 Å². The van der Waals surface area contributed by atoms with Crippen LogP contribution in [0.1, 0.15) is 20.7 Å². The summed E-state index contributed by atoms with van der Waals surface area (Å²) in [5, 5.41) is 6.36. The molecule has 0 saturated heterocycles. The average Bonchev–Trinajstić information content (AvgIpc) is 3.95. The third-order valence-corrected chi connectivity index (χ3v) is 38.7. The van der Waals surface area contributed by atoms with Crippen LogP contribution in [0.5, 0.6) is 0 Å². The molecule has 25 heteroatoms. The predicted octanol–water partition coefficient (Wildman–Crippen LogP) is 9.24. The number of benzene rings is 3. The third-order valence-electron chi connectivity index (χ3n) is 7.87. The highest BCUT2D eigenvalue weighted by molar-refractivity contribution is 8.77. The van der Waals surface area contributed by atoms with E-state index in [1.165, 1.54) is 32.0 Å². The summed E-state index contributed by atoms with van der Waals surface area (Å²) in [5.74, 6) is -0.297. The molecule has 0 spiro atoms. The smallest absolute Gasteiger partial charge is 0.340 e. The molecule has 0 saturated carbocycles. The Bertz CT molecular complexity index is 3210. The zero-order chi connectivity index (χ0) is 42.8. The van der Waals surface area contributed by atoms with Gasteiger partial charge < -0.3 is 9.47 Å². The van der Waals surface area contributed by atoms with Gasteiger partial charge in [-0.05, 0) is 48.5 Å². The second-order valence-electron chi connectivity index (χ2n) is 11.0. The summed E-state index contributed by atoms with van der Waals surface area (Å²) >= 11 is 12.8. The topological polar surface area (TPSA) is 81.6 Å². The van der Waals surface area contributed by atoms with Crippen molar-refractivity contribution in [3.63, 3.8) is 0 Å². The van der Waals surface area contributed by atoms with Gasteiger partial charge in [0.15, 0.2) is 0 Å². The normalized spacial score (nSPS) is 10.1. The second-order valence-corrected chi connectivity index (χ2v) is 37.6. The quantitative estimate of drug-likeness (QED) is 0.145. The van der Waals surface area contributed by atoms with Gasteiger partial charge in [-0.15, -0.1) is 22.7 Å². The van der Waals surface area contributed by atoms with Crippen LogP contribution in [0.2, 0.25) is 0 Å². The van der Waals surface area contributed by atoms with Crippen molar-refractivity contribution in [2.75, 3.05) is 19.1 Å². The minimum Gasteiger partial charge on any atom is -0.465 e. The van der Waals surface area contributed by atoms with Gasteiger partial charge in [0.1, 0.15) is 11.6 Å². The van der Waals surface area contributed by atoms with E-state index >= 15 is 0 Å². The zero-order valence-corrected chi connectivity index (χ0v) is 45.5. The SMILES string of the molecule is COC(=O)c1cccc(C(=O)OC)c1N(c1cccc(-c2csc3ccccc23)n1)c1cccc(-c2csc3ccccc23)n1.S=S=S=S=S=S=S=S=S=S=S=S=S=S=S=S. The van der Waals surface area contributed by atoms with E-state index < -0.39 is 11.9 Å². The molecule has 7 rings (SSSR count). The minimum atomic E-state index is -0.610. The lowest BCUT2D eigenvalue weighted by atomic mass is 10.0. The van der Waals surface area contributed by atoms with Crippen molar-refractivity contribution < 1.29 is 19.1 Å². The minimum absolute atomic E-state index is 0.168. The first-order valence-corrected chi connectivity index (χ1v) is 38.3. The highest BCUT2D eigenvalue weighted by Gasteiger charge is 2.29. The first kappa shape index (κ1) is 48.6. The molecule has 0 fully saturated rings. The van der Waals surface area contributed by atoms with Gasteiger partial charge in [-0.25, -0.2) is 19.6 Å². The van der Waals surface area contributed by atoms with Crippen molar-refractivity contribution in [2.24, 2.45) is 0 Å². The number of aromatic nitrogens is 2. The van der Waals surface area contributed by atoms with E-state index in [1.807, 2.05) is 60.7 Å². The van der Waals surface area contributed by atoms with Crippen LogP contribution in [0.15, 0.2) is 114 Å². The van der Waals surface area contributed by atoms with Crippen LogP contribution in [0.4, 0.5) is 17.3 Å². The van der Waals surface area contributed by atoms with Crippen LogP contribution in [-0.2, 0) is 156 Å². The van der Waals surface area contributed by atoms with Gasteiger partial charge in [-0.3, -0.25) is 4.90 Å². The fourth-order valence-corrected chi connectivity index (χ4v) is 40.4. The molecule has 7 aromatic rings. The van der Waals surface area contributed by atoms with Crippen molar-refractivity contribution in [2.45, 2.75) is 0 Å². The van der Waals surface area contributed by atoms with Gasteiger partial charge >= 0.3 is 11.9 Å². The summed E-state index contributed by atoms with van der Waals surface area (Å²) in [5.41, 5.74) is 4.05. The van der Waals surface area contributed by atoms with Gasteiger partial charge in [-0.1, -0.05) is 54.6 Å². The number of thiophene rings is 2. The summed E-state index contributed by atoms with van der Waals surface area (Å²) in [6.07, 6.45) is 0. The molecule has 316 valence electrons. The number of anilines is 3. The largest absolute Gasteiger partial charge is 0.465 e. The van der Waals surface area contributed by atoms with Gasteiger partial charge in [0.05, 0.1) is 42.4 Å². The summed E-state index contributed by atoms with van der Waals surface area (Å²) in [7, 11) is 26.2. The molecule has 0 aliphatic carbocycles. The fraction of sp³-hybridized carbons (Fsp3) is 0.0556. The Morgan fingerprint density at radius 3 is 1.28 bits per heavy atom. The van der Waals surface area contributed by atoms with E-state index in [2.05, 4.69) is 35.0 Å². The number of fused-ring (bicyclic) bond motifs is 2. The number of esters is 2. The summed E-state index contributed by atoms with van der Waals surface area (Å²) in [6.45, 7) is 0. The Hall–Kier alpha value is -1.86. The Labute approximate surface area is 408 Å². The molecule has 0 unspecified atom stereocenters. The number of nitrogens with zero attached hydrogens (tertiary/aromatic N) is 3. The number of pyridine rings is 2. The molecule has 0 bridgehead atoms. The number of hydrogen-bond acceptors (Lipinski definition) is 11. The maximum absolute atomic E-state index is 13.2. The standard InChI is InChI=1S/C36H25N3O4S2.S16/c1-42-35(40)24-12-7-13-25(36(41)43-2)34(24)39(32-18-8-14-28(37-32)26-20-44-30-16-5-3-10-22(26)30)33-19-9-15-29(38-33)27-21-45-31-17-6-4-11-23(27)31;1-3-5-7-9-11-13-15-16-14-12-10-8-6-4-2/h3-21H,1-2H3;. The van der Waals surface area contributed by atoms with Crippen LogP contribution >= 0.6 is 22.7 Å². The Balaban J connectivity index is 0.000000332. The molecule has 0 aliphatic heterocycles. The number of methoxy groups -OCH3 is 2. The second kappa shape index (κ2) is 26.2. The van der Waals surface area contributed by atoms with Gasteiger partial charge in [-0.2, -0.15) is 0 Å². The van der Waals surface area contributed by atoms with Crippen molar-refractivity contribution in [3.8, 4) is 22.5 Å². The molecule has 61 heavy (non-hydrogen) atoms. The summed E-state index contributed by atoms with van der Waals surface area (Å²) in [4.78, 5) is 38.4. The van der Waals surface area contributed by atoms with E-state index in [9.17, 15) is 9.59 Å². The molecule has 4 heterocycles. The average molecular weight is 1140 g/mol. The molecule has 0 amide bonds. The third kappa shape index (κ3) is 13.4. The molecule has 7 nitrogen and oxygen atoms in total. The van der Waals surface area contributed by atoms with Crippen molar-refractivity contribution in [1.29, 1.82) is 0 Å². The highest BCUT2D eigenvalue weighted by atomic mass is 33.5. The van der Waals surface area contributed by atoms with Crippen molar-refractivity contribution in [3.05, 3.63) is 125 Å². The number of para-hydroxylation sites is 1. The van der Waals surface area contributed by atoms with Gasteiger partial charge in [0.2, 0.25) is 0 Å². The van der Waals surface area contributed by atoms with Crippen LogP contribution in [0.25, 0.3) is 42.7 Å². The van der Waals surface area contributed by atoms with Gasteiger partial charge in [0, 0.05) is 189 Å². The molecule has 4 aromatic heterocycles. The Morgan fingerprint density at radius 2 is 0.885 bits per heavy atom. The Kier molecular flexibility index (Phi) is 20.9. The van der Waals surface area contributed by atoms with Crippen molar-refractivity contribution >= 4 is 219 Å². The first-order chi connectivity index (χ1) is 30.0. The van der Waals surface area contributed by atoms with E-state index in [0.717, 1.165) is 42.7 Å². The molecular formula is C36H25N3O4S18. The van der Waals surface area contributed by atoms with Crippen LogP contribution in [0.3, 0.4) is 0 Å². The van der Waals surface area contributed by atoms with Crippen LogP contribution < -0.4 is 4.90 Å². The zero-order valence-electron chi connectivity index (χ0n) is 30.8. The first-order valence-electron chi connectivity index (χ1n) is 16.5. The summed E-state index contributed by atoms with van der Waals surface area (Å²) in [6, 6.07) is 32.6. The predicted molar refractivity (Wildman–Crippen MR) is 299 cm³/mol.